The largest absolute Gasteiger partial charge is 0.493 e. The summed E-state index contributed by atoms with van der Waals surface area (Å²) in [6.07, 6.45) is 2.58. The molecule has 0 amide bonds. The van der Waals surface area contributed by atoms with Crippen molar-refractivity contribution < 1.29 is 24.2 Å². The average molecular weight is 310 g/mol. The minimum absolute atomic E-state index is 0.219. The van der Waals surface area contributed by atoms with Gasteiger partial charge < -0.3 is 14.6 Å². The van der Waals surface area contributed by atoms with Gasteiger partial charge in [-0.25, -0.2) is 4.79 Å². The molecule has 0 atom stereocenters. The predicted octanol–water partition coefficient (Wildman–Crippen LogP) is 2.46. The predicted molar refractivity (Wildman–Crippen MR) is 82.6 cm³/mol. The molecule has 0 spiro atoms. The Morgan fingerprint density at radius 1 is 1.38 bits per heavy atom. The van der Waals surface area contributed by atoms with E-state index in [1.165, 1.54) is 17.8 Å². The summed E-state index contributed by atoms with van der Waals surface area (Å²) in [5.41, 5.74) is 0.758. The molecule has 1 N–H and O–H groups in total. The SMILES string of the molecule is CCOC(=O)CSCCOc1cccc(C=CC(=O)O)c1. The van der Waals surface area contributed by atoms with Crippen LogP contribution in [0.3, 0.4) is 0 Å². The highest BCUT2D eigenvalue weighted by molar-refractivity contribution is 7.99. The first-order chi connectivity index (χ1) is 10.1. The van der Waals surface area contributed by atoms with E-state index >= 15 is 0 Å². The van der Waals surface area contributed by atoms with Gasteiger partial charge in [0, 0.05) is 11.8 Å². The Labute approximate surface area is 127 Å². The maximum Gasteiger partial charge on any atom is 0.328 e. The summed E-state index contributed by atoms with van der Waals surface area (Å²) >= 11 is 1.45. The van der Waals surface area contributed by atoms with Gasteiger partial charge in [-0.05, 0) is 30.7 Å². The van der Waals surface area contributed by atoms with Gasteiger partial charge in [0.1, 0.15) is 5.75 Å². The lowest BCUT2D eigenvalue weighted by atomic mass is 10.2. The van der Waals surface area contributed by atoms with Crippen LogP contribution in [0.4, 0.5) is 0 Å². The molecule has 5 nitrogen and oxygen atoms in total. The number of carboxylic acids is 1. The zero-order valence-corrected chi connectivity index (χ0v) is 12.6. The summed E-state index contributed by atoms with van der Waals surface area (Å²) < 4.78 is 10.4. The fourth-order valence-electron chi connectivity index (χ4n) is 1.45. The van der Waals surface area contributed by atoms with Gasteiger partial charge in [-0.1, -0.05) is 12.1 Å². The second-order valence-electron chi connectivity index (χ2n) is 3.95. The van der Waals surface area contributed by atoms with Gasteiger partial charge in [0.05, 0.1) is 19.0 Å². The topological polar surface area (TPSA) is 72.8 Å². The molecule has 114 valence electrons. The van der Waals surface area contributed by atoms with Crippen LogP contribution in [0.5, 0.6) is 5.75 Å². The molecule has 0 bridgehead atoms. The molecule has 0 fully saturated rings. The molecule has 1 aromatic carbocycles. The van der Waals surface area contributed by atoms with E-state index in [1.807, 2.05) is 0 Å². The lowest BCUT2D eigenvalue weighted by Crippen LogP contribution is -2.09. The number of hydrogen-bond donors (Lipinski definition) is 1. The molecule has 0 saturated heterocycles. The van der Waals surface area contributed by atoms with Gasteiger partial charge in [0.15, 0.2) is 0 Å². The Balaban J connectivity index is 2.30. The number of ether oxygens (including phenoxy) is 2. The van der Waals surface area contributed by atoms with E-state index in [-0.39, 0.29) is 5.97 Å². The standard InChI is InChI=1S/C15H18O5S/c1-2-19-15(18)11-21-9-8-20-13-5-3-4-12(10-13)6-7-14(16)17/h3-7,10H,2,8-9,11H2,1H3,(H,16,17). The molecule has 1 aromatic rings. The smallest absolute Gasteiger partial charge is 0.328 e. The maximum atomic E-state index is 11.1. The van der Waals surface area contributed by atoms with E-state index < -0.39 is 5.97 Å². The van der Waals surface area contributed by atoms with Gasteiger partial charge in [-0.15, -0.1) is 11.8 Å². The molecule has 21 heavy (non-hydrogen) atoms. The van der Waals surface area contributed by atoms with Crippen LogP contribution in [-0.2, 0) is 14.3 Å². The van der Waals surface area contributed by atoms with Crippen LogP contribution in [0.1, 0.15) is 12.5 Å². The van der Waals surface area contributed by atoms with Crippen LogP contribution in [0.2, 0.25) is 0 Å². The number of aliphatic carboxylic acids is 1. The summed E-state index contributed by atoms with van der Waals surface area (Å²) in [5, 5.41) is 8.57. The van der Waals surface area contributed by atoms with Crippen molar-refractivity contribution in [2.75, 3.05) is 24.7 Å². The van der Waals surface area contributed by atoms with E-state index in [2.05, 4.69) is 0 Å². The summed E-state index contributed by atoms with van der Waals surface area (Å²) in [4.78, 5) is 21.6. The van der Waals surface area contributed by atoms with Crippen LogP contribution in [-0.4, -0.2) is 41.8 Å². The first kappa shape index (κ1) is 17.1. The molecule has 0 unspecified atom stereocenters. The van der Waals surface area contributed by atoms with Crippen LogP contribution >= 0.6 is 11.8 Å². The normalized spacial score (nSPS) is 10.5. The number of benzene rings is 1. The van der Waals surface area contributed by atoms with Gasteiger partial charge in [0.25, 0.3) is 0 Å². The van der Waals surface area contributed by atoms with Crippen LogP contribution in [0, 0.1) is 0 Å². The first-order valence-corrected chi connectivity index (χ1v) is 7.64. The molecule has 0 saturated carbocycles. The number of rotatable bonds is 9. The third-order valence-corrected chi connectivity index (χ3v) is 3.19. The van der Waals surface area contributed by atoms with E-state index in [0.717, 1.165) is 11.6 Å². The second-order valence-corrected chi connectivity index (χ2v) is 5.06. The van der Waals surface area contributed by atoms with Crippen molar-refractivity contribution in [1.82, 2.24) is 0 Å². The molecule has 0 heterocycles. The van der Waals surface area contributed by atoms with Crippen LogP contribution in [0.25, 0.3) is 6.08 Å². The van der Waals surface area contributed by atoms with Gasteiger partial charge in [0.2, 0.25) is 0 Å². The molecule has 6 heteroatoms. The Morgan fingerprint density at radius 2 is 2.19 bits per heavy atom. The third kappa shape index (κ3) is 8.04. The van der Waals surface area contributed by atoms with Gasteiger partial charge in [-0.3, -0.25) is 4.79 Å². The van der Waals surface area contributed by atoms with Gasteiger partial charge >= 0.3 is 11.9 Å². The molecule has 1 rings (SSSR count). The van der Waals surface area contributed by atoms with Crippen molar-refractivity contribution in [3.05, 3.63) is 35.9 Å². The van der Waals surface area contributed by atoms with E-state index in [4.69, 9.17) is 14.6 Å². The lowest BCUT2D eigenvalue weighted by Gasteiger charge is -2.06. The number of carbonyl (C=O) groups excluding carboxylic acids is 1. The Bertz CT molecular complexity index is 499. The minimum Gasteiger partial charge on any atom is -0.493 e. The van der Waals surface area contributed by atoms with Crippen molar-refractivity contribution in [2.24, 2.45) is 0 Å². The number of carbonyl (C=O) groups is 2. The molecular weight excluding hydrogens is 292 g/mol. The lowest BCUT2D eigenvalue weighted by molar-refractivity contribution is -0.139. The first-order valence-electron chi connectivity index (χ1n) is 6.49. The molecule has 0 aliphatic rings. The van der Waals surface area contributed by atoms with Crippen LogP contribution in [0.15, 0.2) is 30.3 Å². The summed E-state index contributed by atoms with van der Waals surface area (Å²) in [5.74, 6) is 0.450. The highest BCUT2D eigenvalue weighted by Crippen LogP contribution is 2.15. The van der Waals surface area contributed by atoms with Crippen molar-refractivity contribution in [3.8, 4) is 5.75 Å². The summed E-state index contributed by atoms with van der Waals surface area (Å²) in [6, 6.07) is 7.15. The highest BCUT2D eigenvalue weighted by Gasteiger charge is 2.01. The average Bonchev–Trinajstić information content (AvgIpc) is 2.45. The third-order valence-electron chi connectivity index (χ3n) is 2.30. The summed E-state index contributed by atoms with van der Waals surface area (Å²) in [7, 11) is 0. The van der Waals surface area contributed by atoms with E-state index in [1.54, 1.807) is 31.2 Å². The number of carboxylic acid groups (broad SMARTS) is 1. The summed E-state index contributed by atoms with van der Waals surface area (Å²) in [6.45, 7) is 2.64. The minimum atomic E-state index is -0.989. The fourth-order valence-corrected chi connectivity index (χ4v) is 2.05. The van der Waals surface area contributed by atoms with E-state index in [0.29, 0.717) is 30.5 Å². The molecule has 0 radical (unpaired) electrons. The zero-order chi connectivity index (χ0) is 15.5. The molecule has 0 aliphatic heterocycles. The Kier molecular flexibility index (Phi) is 8.04. The van der Waals surface area contributed by atoms with Crippen molar-refractivity contribution in [3.63, 3.8) is 0 Å². The highest BCUT2D eigenvalue weighted by atomic mass is 32.2. The fraction of sp³-hybridized carbons (Fsp3) is 0.333. The van der Waals surface area contributed by atoms with Crippen LogP contribution < -0.4 is 4.74 Å². The van der Waals surface area contributed by atoms with Gasteiger partial charge in [-0.2, -0.15) is 0 Å². The maximum absolute atomic E-state index is 11.1. The zero-order valence-electron chi connectivity index (χ0n) is 11.8. The molecule has 0 aromatic heterocycles. The van der Waals surface area contributed by atoms with Crippen molar-refractivity contribution in [2.45, 2.75) is 6.92 Å². The van der Waals surface area contributed by atoms with E-state index in [9.17, 15) is 9.59 Å². The Hall–Kier alpha value is -1.95. The number of thioether (sulfide) groups is 1. The van der Waals surface area contributed by atoms with Crippen molar-refractivity contribution >= 4 is 29.8 Å². The monoisotopic (exact) mass is 310 g/mol. The molecular formula is C15H18O5S. The second kappa shape index (κ2) is 9.88. The number of esters is 1. The molecule has 0 aliphatic carbocycles. The number of hydrogen-bond acceptors (Lipinski definition) is 5. The van der Waals surface area contributed by atoms with Crippen molar-refractivity contribution in [1.29, 1.82) is 0 Å². The Morgan fingerprint density at radius 3 is 2.90 bits per heavy atom. The quantitative estimate of drug-likeness (QED) is 0.429.